The lowest BCUT2D eigenvalue weighted by molar-refractivity contribution is 0.224. The van der Waals surface area contributed by atoms with Crippen LogP contribution in [0.3, 0.4) is 0 Å². The average molecular weight is 272 g/mol. The molecule has 1 aliphatic carbocycles. The molecule has 0 saturated carbocycles. The summed E-state index contributed by atoms with van der Waals surface area (Å²) in [5.74, 6) is 0. The van der Waals surface area contributed by atoms with E-state index in [-0.39, 0.29) is 0 Å². The fourth-order valence-electron chi connectivity index (χ4n) is 2.81. The van der Waals surface area contributed by atoms with E-state index in [0.717, 1.165) is 16.9 Å². The second-order valence-electron chi connectivity index (χ2n) is 5.34. The molecule has 0 saturated heterocycles. The van der Waals surface area contributed by atoms with E-state index in [0.29, 0.717) is 0 Å². The molecule has 1 atom stereocenters. The lowest BCUT2D eigenvalue weighted by Crippen LogP contribution is -1.97. The minimum Gasteiger partial charge on any atom is -0.383 e. The van der Waals surface area contributed by atoms with Crippen molar-refractivity contribution in [3.63, 3.8) is 0 Å². The molecule has 0 spiro atoms. The highest BCUT2D eigenvalue weighted by atomic mass is 32.1. The molecule has 1 heterocycles. The van der Waals surface area contributed by atoms with Crippen molar-refractivity contribution in [2.24, 2.45) is 0 Å². The predicted octanol–water partition coefficient (Wildman–Crippen LogP) is 4.27. The fourth-order valence-corrected chi connectivity index (χ4v) is 4.08. The Morgan fingerprint density at radius 3 is 2.68 bits per heavy atom. The summed E-state index contributed by atoms with van der Waals surface area (Å²) in [5.41, 5.74) is 3.83. The van der Waals surface area contributed by atoms with Gasteiger partial charge in [0.1, 0.15) is 6.10 Å². The van der Waals surface area contributed by atoms with Crippen molar-refractivity contribution in [1.82, 2.24) is 0 Å². The molecule has 3 rings (SSSR count). The van der Waals surface area contributed by atoms with E-state index in [1.54, 1.807) is 11.3 Å². The largest absolute Gasteiger partial charge is 0.383 e. The zero-order chi connectivity index (χ0) is 13.2. The molecule has 2 heteroatoms. The number of fused-ring (bicyclic) bond motifs is 1. The second kappa shape index (κ2) is 5.48. The van der Waals surface area contributed by atoms with E-state index >= 15 is 0 Å². The minimum atomic E-state index is -0.453. The third-order valence-corrected chi connectivity index (χ3v) is 5.16. The second-order valence-corrected chi connectivity index (χ2v) is 6.51. The smallest absolute Gasteiger partial charge is 0.113 e. The molecule has 1 nitrogen and oxygen atoms in total. The number of hydrogen-bond donors (Lipinski definition) is 1. The number of aryl methyl sites for hydroxylation is 3. The Hall–Kier alpha value is -1.12. The molecule has 1 unspecified atom stereocenters. The number of rotatable bonds is 4. The summed E-state index contributed by atoms with van der Waals surface area (Å²) >= 11 is 1.79. The van der Waals surface area contributed by atoms with Crippen molar-refractivity contribution in [1.29, 1.82) is 0 Å². The number of aliphatic hydroxyl groups is 1. The van der Waals surface area contributed by atoms with Crippen LogP contribution in [-0.2, 0) is 19.3 Å². The molecule has 1 N–H and O–H groups in total. The van der Waals surface area contributed by atoms with Crippen molar-refractivity contribution < 1.29 is 5.11 Å². The Morgan fingerprint density at radius 1 is 1.21 bits per heavy atom. The van der Waals surface area contributed by atoms with Crippen LogP contribution in [0.2, 0.25) is 0 Å². The summed E-state index contributed by atoms with van der Waals surface area (Å²) < 4.78 is 0. The molecule has 2 aromatic rings. The Kier molecular flexibility index (Phi) is 3.72. The van der Waals surface area contributed by atoms with Gasteiger partial charge in [-0.25, -0.2) is 0 Å². The van der Waals surface area contributed by atoms with E-state index < -0.39 is 6.10 Å². The molecule has 1 aromatic carbocycles. The molecule has 0 fully saturated rings. The highest BCUT2D eigenvalue weighted by Crippen LogP contribution is 2.36. The molecule has 100 valence electrons. The van der Waals surface area contributed by atoms with Gasteiger partial charge in [-0.2, -0.15) is 0 Å². The average Bonchev–Trinajstić information content (AvgIpc) is 3.00. The normalized spacial score (nSPS) is 15.5. The molecule has 1 aromatic heterocycles. The van der Waals surface area contributed by atoms with Gasteiger partial charge in [-0.3, -0.25) is 0 Å². The van der Waals surface area contributed by atoms with Crippen LogP contribution < -0.4 is 0 Å². The van der Waals surface area contributed by atoms with Crippen LogP contribution in [0, 0.1) is 0 Å². The SMILES string of the molecule is CCCc1ccc(C(O)c2cc3c(s2)CCC3)cc1. The van der Waals surface area contributed by atoms with E-state index in [4.69, 9.17) is 0 Å². The first-order valence-corrected chi connectivity index (χ1v) is 7.98. The summed E-state index contributed by atoms with van der Waals surface area (Å²) in [6.07, 6.45) is 5.49. The van der Waals surface area contributed by atoms with Crippen molar-refractivity contribution in [3.05, 3.63) is 56.8 Å². The first-order valence-electron chi connectivity index (χ1n) is 7.16. The van der Waals surface area contributed by atoms with Gasteiger partial charge in [0, 0.05) is 9.75 Å². The van der Waals surface area contributed by atoms with Gasteiger partial charge < -0.3 is 5.11 Å². The van der Waals surface area contributed by atoms with Gasteiger partial charge in [0.05, 0.1) is 0 Å². The highest BCUT2D eigenvalue weighted by molar-refractivity contribution is 7.12. The maximum absolute atomic E-state index is 10.5. The van der Waals surface area contributed by atoms with Gasteiger partial charge in [-0.1, -0.05) is 37.6 Å². The number of benzene rings is 1. The first kappa shape index (κ1) is 12.9. The van der Waals surface area contributed by atoms with Crippen LogP contribution in [0.25, 0.3) is 0 Å². The van der Waals surface area contributed by atoms with Crippen molar-refractivity contribution in [3.8, 4) is 0 Å². The molecule has 19 heavy (non-hydrogen) atoms. The summed E-state index contributed by atoms with van der Waals surface area (Å²) in [6, 6.07) is 10.6. The third-order valence-electron chi connectivity index (χ3n) is 3.87. The topological polar surface area (TPSA) is 20.2 Å². The first-order chi connectivity index (χ1) is 9.28. The monoisotopic (exact) mass is 272 g/mol. The highest BCUT2D eigenvalue weighted by Gasteiger charge is 2.19. The summed E-state index contributed by atoms with van der Waals surface area (Å²) in [5, 5.41) is 10.5. The van der Waals surface area contributed by atoms with E-state index in [1.807, 2.05) is 0 Å². The van der Waals surface area contributed by atoms with Gasteiger partial charge >= 0.3 is 0 Å². The van der Waals surface area contributed by atoms with Crippen LogP contribution >= 0.6 is 11.3 Å². The molecule has 0 aliphatic heterocycles. The molecule has 0 radical (unpaired) electrons. The van der Waals surface area contributed by atoms with Crippen LogP contribution in [-0.4, -0.2) is 5.11 Å². The lowest BCUT2D eigenvalue weighted by atomic mass is 10.0. The molecular formula is C17H20OS. The van der Waals surface area contributed by atoms with Crippen molar-refractivity contribution >= 4 is 11.3 Å². The van der Waals surface area contributed by atoms with E-state index in [9.17, 15) is 5.11 Å². The van der Waals surface area contributed by atoms with Crippen molar-refractivity contribution in [2.45, 2.75) is 45.1 Å². The third kappa shape index (κ3) is 2.60. The zero-order valence-corrected chi connectivity index (χ0v) is 12.2. The van der Waals surface area contributed by atoms with Crippen LogP contribution in [0.4, 0.5) is 0 Å². The maximum Gasteiger partial charge on any atom is 0.113 e. The molecule has 1 aliphatic rings. The number of aliphatic hydroxyl groups excluding tert-OH is 1. The zero-order valence-electron chi connectivity index (χ0n) is 11.4. The molecular weight excluding hydrogens is 252 g/mol. The van der Waals surface area contributed by atoms with Gasteiger partial charge in [0.2, 0.25) is 0 Å². The van der Waals surface area contributed by atoms with Gasteiger partial charge in [0.15, 0.2) is 0 Å². The lowest BCUT2D eigenvalue weighted by Gasteiger charge is -2.10. The Balaban J connectivity index is 1.80. The Labute approximate surface area is 118 Å². The quantitative estimate of drug-likeness (QED) is 0.881. The molecule has 0 bridgehead atoms. The maximum atomic E-state index is 10.5. The van der Waals surface area contributed by atoms with E-state index in [1.165, 1.54) is 41.7 Å². The summed E-state index contributed by atoms with van der Waals surface area (Å²) in [6.45, 7) is 2.19. The number of thiophene rings is 1. The Bertz CT molecular complexity index is 532. The molecule has 0 amide bonds. The van der Waals surface area contributed by atoms with Gasteiger partial charge in [0.25, 0.3) is 0 Å². The minimum absolute atomic E-state index is 0.453. The van der Waals surface area contributed by atoms with Crippen LogP contribution in [0.5, 0.6) is 0 Å². The fraction of sp³-hybridized carbons (Fsp3) is 0.412. The number of hydrogen-bond acceptors (Lipinski definition) is 2. The van der Waals surface area contributed by atoms with Gasteiger partial charge in [-0.05, 0) is 48.4 Å². The summed E-state index contributed by atoms with van der Waals surface area (Å²) in [4.78, 5) is 2.59. The van der Waals surface area contributed by atoms with Gasteiger partial charge in [-0.15, -0.1) is 11.3 Å². The van der Waals surface area contributed by atoms with Crippen LogP contribution in [0.15, 0.2) is 30.3 Å². The van der Waals surface area contributed by atoms with Crippen molar-refractivity contribution in [2.75, 3.05) is 0 Å². The van der Waals surface area contributed by atoms with E-state index in [2.05, 4.69) is 37.3 Å². The predicted molar refractivity (Wildman–Crippen MR) is 80.8 cm³/mol. The standard InChI is InChI=1S/C17H20OS/c1-2-4-12-7-9-13(10-8-12)17(18)16-11-14-5-3-6-15(14)19-16/h7-11,17-18H,2-6H2,1H3. The Morgan fingerprint density at radius 2 is 2.00 bits per heavy atom. The summed E-state index contributed by atoms with van der Waals surface area (Å²) in [7, 11) is 0. The van der Waals surface area contributed by atoms with Crippen LogP contribution in [0.1, 0.15) is 52.3 Å².